The normalized spacial score (nSPS) is 15.0. The molecule has 1 aliphatic heterocycles. The van der Waals surface area contributed by atoms with Gasteiger partial charge in [-0.15, -0.1) is 0 Å². The van der Waals surface area contributed by atoms with E-state index in [9.17, 15) is 4.79 Å². The van der Waals surface area contributed by atoms with Crippen molar-refractivity contribution < 1.29 is 9.53 Å². The zero-order valence-electron chi connectivity index (χ0n) is 17.1. The van der Waals surface area contributed by atoms with Gasteiger partial charge in [-0.2, -0.15) is 5.10 Å². The van der Waals surface area contributed by atoms with E-state index >= 15 is 0 Å². The van der Waals surface area contributed by atoms with Crippen molar-refractivity contribution in [3.63, 3.8) is 0 Å². The maximum atomic E-state index is 12.7. The average molecular weight is 410 g/mol. The summed E-state index contributed by atoms with van der Waals surface area (Å²) in [6, 6.07) is 25.5. The monoisotopic (exact) mass is 410 g/mol. The van der Waals surface area contributed by atoms with Gasteiger partial charge in [0.2, 0.25) is 0 Å². The van der Waals surface area contributed by atoms with Crippen LogP contribution in [0.5, 0.6) is 5.75 Å². The Balaban J connectivity index is 1.59. The maximum Gasteiger partial charge on any atom is 0.255 e. The van der Waals surface area contributed by atoms with Gasteiger partial charge in [-0.1, -0.05) is 54.6 Å². The number of amides is 1. The van der Waals surface area contributed by atoms with Crippen LogP contribution in [-0.4, -0.2) is 22.8 Å². The van der Waals surface area contributed by atoms with E-state index in [0.717, 1.165) is 33.8 Å². The number of nitrogens with zero attached hydrogens (tertiary/aromatic N) is 2. The summed E-state index contributed by atoms with van der Waals surface area (Å²) in [5.74, 6) is 0.623. The Hall–Kier alpha value is -4.06. The Morgan fingerprint density at radius 1 is 0.903 bits per heavy atom. The molecule has 4 aromatic rings. The molecule has 0 spiro atoms. The molecule has 0 bridgehead atoms. The molecule has 3 aromatic carbocycles. The van der Waals surface area contributed by atoms with Crippen LogP contribution in [-0.2, 0) is 6.54 Å². The first-order valence-electron chi connectivity index (χ1n) is 10.1. The van der Waals surface area contributed by atoms with Gasteiger partial charge in [-0.05, 0) is 29.8 Å². The molecule has 154 valence electrons. The molecule has 0 unspecified atom stereocenters. The van der Waals surface area contributed by atoms with Crippen molar-refractivity contribution >= 4 is 11.6 Å². The molecule has 6 heteroatoms. The molecule has 0 radical (unpaired) electrons. The summed E-state index contributed by atoms with van der Waals surface area (Å²) in [7, 11) is 1.65. The lowest BCUT2D eigenvalue weighted by atomic mass is 10.0. The molecule has 2 heterocycles. The molecular formula is C25H22N4O2. The highest BCUT2D eigenvalue weighted by molar-refractivity contribution is 6.01. The summed E-state index contributed by atoms with van der Waals surface area (Å²) in [5, 5.41) is 11.4. The Bertz CT molecular complexity index is 1230. The summed E-state index contributed by atoms with van der Waals surface area (Å²) in [6.07, 6.45) is 1.58. The number of hydrogen-bond donors (Lipinski definition) is 2. The van der Waals surface area contributed by atoms with Gasteiger partial charge in [0.05, 0.1) is 19.2 Å². The molecule has 31 heavy (non-hydrogen) atoms. The number of fused-ring (bicyclic) bond motifs is 1. The van der Waals surface area contributed by atoms with Crippen molar-refractivity contribution in [2.24, 2.45) is 0 Å². The van der Waals surface area contributed by atoms with Gasteiger partial charge in [-0.3, -0.25) is 9.48 Å². The maximum absolute atomic E-state index is 12.7. The molecule has 6 nitrogen and oxygen atoms in total. The van der Waals surface area contributed by atoms with Crippen LogP contribution in [0, 0.1) is 0 Å². The summed E-state index contributed by atoms with van der Waals surface area (Å²) < 4.78 is 7.49. The fourth-order valence-electron chi connectivity index (χ4n) is 3.91. The number of rotatable bonds is 5. The number of aromatic nitrogens is 2. The van der Waals surface area contributed by atoms with Crippen LogP contribution in [0.25, 0.3) is 11.3 Å². The van der Waals surface area contributed by atoms with Crippen LogP contribution in [0.4, 0.5) is 5.69 Å². The van der Waals surface area contributed by atoms with E-state index in [1.807, 2.05) is 77.6 Å². The predicted molar refractivity (Wildman–Crippen MR) is 120 cm³/mol. The van der Waals surface area contributed by atoms with Gasteiger partial charge in [-0.25, -0.2) is 0 Å². The number of para-hydroxylation sites is 2. The quantitative estimate of drug-likeness (QED) is 0.510. The SMILES string of the molecule is COc1ccccc1-c1nn(Cc2ccccc2)cc1[C@@H]1NC(=O)c2ccccc2N1. The first-order valence-corrected chi connectivity index (χ1v) is 10.1. The minimum Gasteiger partial charge on any atom is -0.496 e. The number of carbonyl (C=O) groups is 1. The zero-order chi connectivity index (χ0) is 21.2. The molecule has 1 amide bonds. The van der Waals surface area contributed by atoms with Gasteiger partial charge >= 0.3 is 0 Å². The van der Waals surface area contributed by atoms with E-state index in [4.69, 9.17) is 9.84 Å². The largest absolute Gasteiger partial charge is 0.496 e. The Morgan fingerprint density at radius 2 is 1.61 bits per heavy atom. The second-order valence-corrected chi connectivity index (χ2v) is 7.41. The van der Waals surface area contributed by atoms with Crippen LogP contribution in [0.1, 0.15) is 27.7 Å². The first kappa shape index (κ1) is 18.9. The molecule has 0 aliphatic carbocycles. The summed E-state index contributed by atoms with van der Waals surface area (Å²) >= 11 is 0. The predicted octanol–water partition coefficient (Wildman–Crippen LogP) is 4.46. The highest BCUT2D eigenvalue weighted by Crippen LogP contribution is 2.36. The standard InChI is InChI=1S/C25H22N4O2/c1-31-22-14-8-6-12-19(22)23-20(16-29(28-23)15-17-9-3-2-4-10-17)24-26-21-13-7-5-11-18(21)25(30)27-24/h2-14,16,24,26H,15H2,1H3,(H,27,30)/t24-/m0/s1. The highest BCUT2D eigenvalue weighted by atomic mass is 16.5. The number of anilines is 1. The number of carbonyl (C=O) groups excluding carboxylic acids is 1. The molecule has 0 fully saturated rings. The minimum atomic E-state index is -0.410. The van der Waals surface area contributed by atoms with E-state index in [2.05, 4.69) is 22.8 Å². The van der Waals surface area contributed by atoms with Crippen LogP contribution >= 0.6 is 0 Å². The lowest BCUT2D eigenvalue weighted by Crippen LogP contribution is -2.38. The summed E-state index contributed by atoms with van der Waals surface area (Å²) in [4.78, 5) is 12.7. The van der Waals surface area contributed by atoms with Crippen LogP contribution in [0.15, 0.2) is 85.1 Å². The van der Waals surface area contributed by atoms with Gasteiger partial charge < -0.3 is 15.4 Å². The Morgan fingerprint density at radius 3 is 2.42 bits per heavy atom. The van der Waals surface area contributed by atoms with Crippen LogP contribution in [0.3, 0.4) is 0 Å². The second kappa shape index (κ2) is 7.99. The van der Waals surface area contributed by atoms with Crippen molar-refractivity contribution in [1.29, 1.82) is 0 Å². The third-order valence-corrected chi connectivity index (χ3v) is 5.40. The molecule has 5 rings (SSSR count). The van der Waals surface area contributed by atoms with Gasteiger partial charge in [0.25, 0.3) is 5.91 Å². The van der Waals surface area contributed by atoms with Crippen LogP contribution < -0.4 is 15.4 Å². The lowest BCUT2D eigenvalue weighted by molar-refractivity contribution is 0.0936. The summed E-state index contributed by atoms with van der Waals surface area (Å²) in [5.41, 5.74) is 5.11. The molecule has 1 aliphatic rings. The lowest BCUT2D eigenvalue weighted by Gasteiger charge is -2.28. The van der Waals surface area contributed by atoms with E-state index in [0.29, 0.717) is 12.1 Å². The third kappa shape index (κ3) is 3.64. The first-order chi connectivity index (χ1) is 15.2. The highest BCUT2D eigenvalue weighted by Gasteiger charge is 2.29. The Labute approximate surface area is 180 Å². The van der Waals surface area contributed by atoms with E-state index in [1.165, 1.54) is 0 Å². The third-order valence-electron chi connectivity index (χ3n) is 5.40. The van der Waals surface area contributed by atoms with E-state index in [-0.39, 0.29) is 5.91 Å². The zero-order valence-corrected chi connectivity index (χ0v) is 17.1. The van der Waals surface area contributed by atoms with E-state index < -0.39 is 6.17 Å². The summed E-state index contributed by atoms with van der Waals surface area (Å²) in [6.45, 7) is 0.625. The van der Waals surface area contributed by atoms with Gasteiger partial charge in [0.1, 0.15) is 17.6 Å². The number of ether oxygens (including phenoxy) is 1. The number of nitrogens with one attached hydrogen (secondary N) is 2. The van der Waals surface area contributed by atoms with Crippen molar-refractivity contribution in [3.05, 3.63) is 102 Å². The number of benzene rings is 3. The van der Waals surface area contributed by atoms with Gasteiger partial charge in [0, 0.05) is 23.0 Å². The molecule has 0 saturated carbocycles. The smallest absolute Gasteiger partial charge is 0.255 e. The molecule has 0 saturated heterocycles. The number of methoxy groups -OCH3 is 1. The van der Waals surface area contributed by atoms with Crippen molar-refractivity contribution in [1.82, 2.24) is 15.1 Å². The van der Waals surface area contributed by atoms with Crippen molar-refractivity contribution in [2.45, 2.75) is 12.7 Å². The second-order valence-electron chi connectivity index (χ2n) is 7.41. The van der Waals surface area contributed by atoms with Crippen molar-refractivity contribution in [2.75, 3.05) is 12.4 Å². The Kier molecular flexibility index (Phi) is 4.88. The average Bonchev–Trinajstić information content (AvgIpc) is 3.23. The molecule has 1 atom stereocenters. The van der Waals surface area contributed by atoms with E-state index in [1.54, 1.807) is 7.11 Å². The molecule has 2 N–H and O–H groups in total. The fourth-order valence-corrected chi connectivity index (χ4v) is 3.91. The number of hydrogen-bond acceptors (Lipinski definition) is 4. The topological polar surface area (TPSA) is 68.2 Å². The molecular weight excluding hydrogens is 388 g/mol. The fraction of sp³-hybridized carbons (Fsp3) is 0.120. The van der Waals surface area contributed by atoms with Crippen molar-refractivity contribution in [3.8, 4) is 17.0 Å². The van der Waals surface area contributed by atoms with Crippen LogP contribution in [0.2, 0.25) is 0 Å². The molecule has 1 aromatic heterocycles. The van der Waals surface area contributed by atoms with Gasteiger partial charge in [0.15, 0.2) is 0 Å². The minimum absolute atomic E-state index is 0.110.